The number of benzene rings is 3. The Labute approximate surface area is 158 Å². The van der Waals surface area contributed by atoms with E-state index in [4.69, 9.17) is 4.42 Å². The van der Waals surface area contributed by atoms with Crippen LogP contribution < -0.4 is 15.8 Å². The number of H-pyrrole nitrogens is 1. The minimum Gasteiger partial charge on any atom is -0.408 e. The molecule has 6 nitrogen and oxygen atoms in total. The third-order valence-electron chi connectivity index (χ3n) is 3.85. The molecule has 0 fully saturated rings. The van der Waals surface area contributed by atoms with Gasteiger partial charge in [0.15, 0.2) is 5.58 Å². The molecule has 1 aromatic heterocycles. The monoisotopic (exact) mass is 377 g/mol. The lowest BCUT2D eigenvalue weighted by Gasteiger charge is -2.08. The van der Waals surface area contributed by atoms with Crippen molar-refractivity contribution in [3.63, 3.8) is 0 Å². The van der Waals surface area contributed by atoms with E-state index in [1.54, 1.807) is 18.2 Å². The second kappa shape index (κ2) is 7.43. The van der Waals surface area contributed by atoms with Crippen molar-refractivity contribution < 1.29 is 9.21 Å². The van der Waals surface area contributed by atoms with Crippen LogP contribution in [-0.4, -0.2) is 10.9 Å². The lowest BCUT2D eigenvalue weighted by Crippen LogP contribution is -2.11. The summed E-state index contributed by atoms with van der Waals surface area (Å²) in [7, 11) is 0. The smallest absolute Gasteiger partial charge is 0.408 e. The molecule has 1 heterocycles. The first-order chi connectivity index (χ1) is 13.2. The van der Waals surface area contributed by atoms with Gasteiger partial charge >= 0.3 is 5.76 Å². The fraction of sp³-hybridized carbons (Fsp3) is 0. The third kappa shape index (κ3) is 4.04. The molecule has 0 saturated carbocycles. The van der Waals surface area contributed by atoms with Gasteiger partial charge in [-0.1, -0.05) is 18.2 Å². The van der Waals surface area contributed by atoms with Crippen LogP contribution in [0.15, 0.2) is 86.9 Å². The molecular formula is C20H15N3O3S. The van der Waals surface area contributed by atoms with Crippen LogP contribution in [0, 0.1) is 0 Å². The standard InChI is InChI=1S/C20H15N3O3S/c24-19(13-6-11-18-17(12-13)22-20(25)26-18)21-14-7-9-16(10-8-14)27-23-15-4-2-1-3-5-15/h1-12,23H,(H,21,24)(H,22,25). The van der Waals surface area contributed by atoms with Crippen molar-refractivity contribution in [1.29, 1.82) is 0 Å². The quantitative estimate of drug-likeness (QED) is 0.446. The number of para-hydroxylation sites is 1. The Hall–Kier alpha value is -3.45. The van der Waals surface area contributed by atoms with E-state index in [9.17, 15) is 9.59 Å². The van der Waals surface area contributed by atoms with E-state index < -0.39 is 5.76 Å². The molecule has 0 spiro atoms. The zero-order chi connectivity index (χ0) is 18.6. The number of carbonyl (C=O) groups is 1. The summed E-state index contributed by atoms with van der Waals surface area (Å²) in [6.45, 7) is 0. The molecule has 0 saturated heterocycles. The number of oxazole rings is 1. The molecule has 0 aliphatic heterocycles. The van der Waals surface area contributed by atoms with Gasteiger partial charge in [0.25, 0.3) is 5.91 Å². The van der Waals surface area contributed by atoms with E-state index in [2.05, 4.69) is 15.0 Å². The molecular weight excluding hydrogens is 362 g/mol. The highest BCUT2D eigenvalue weighted by molar-refractivity contribution is 8.00. The minimum absolute atomic E-state index is 0.262. The summed E-state index contributed by atoms with van der Waals surface area (Å²) < 4.78 is 8.20. The van der Waals surface area contributed by atoms with Crippen LogP contribution in [0.5, 0.6) is 0 Å². The third-order valence-corrected chi connectivity index (χ3v) is 4.70. The number of aromatic amines is 1. The van der Waals surface area contributed by atoms with Crippen molar-refractivity contribution in [3.8, 4) is 0 Å². The van der Waals surface area contributed by atoms with Gasteiger partial charge in [0.2, 0.25) is 0 Å². The van der Waals surface area contributed by atoms with Crippen molar-refractivity contribution in [2.45, 2.75) is 4.90 Å². The Morgan fingerprint density at radius 2 is 1.70 bits per heavy atom. The van der Waals surface area contributed by atoms with Crippen LogP contribution in [0.2, 0.25) is 0 Å². The Balaban J connectivity index is 1.41. The number of amides is 1. The fourth-order valence-corrected chi connectivity index (χ4v) is 3.17. The van der Waals surface area contributed by atoms with Crippen LogP contribution >= 0.6 is 11.9 Å². The van der Waals surface area contributed by atoms with Crippen LogP contribution in [-0.2, 0) is 0 Å². The molecule has 3 aromatic carbocycles. The highest BCUT2D eigenvalue weighted by atomic mass is 32.2. The zero-order valence-electron chi connectivity index (χ0n) is 14.1. The maximum absolute atomic E-state index is 12.4. The van der Waals surface area contributed by atoms with Crippen LogP contribution in [0.25, 0.3) is 11.1 Å². The predicted octanol–water partition coefficient (Wildman–Crippen LogP) is 4.49. The van der Waals surface area contributed by atoms with Gasteiger partial charge in [-0.25, -0.2) is 4.79 Å². The largest absolute Gasteiger partial charge is 0.417 e. The molecule has 7 heteroatoms. The SMILES string of the molecule is O=C(Nc1ccc(SNc2ccccc2)cc1)c1ccc2oc(=O)[nH]c2c1. The number of nitrogens with one attached hydrogen (secondary N) is 3. The number of anilines is 2. The van der Waals surface area contributed by atoms with E-state index in [0.29, 0.717) is 22.4 Å². The van der Waals surface area contributed by atoms with E-state index in [1.165, 1.54) is 11.9 Å². The molecule has 4 aromatic rings. The summed E-state index contributed by atoms with van der Waals surface area (Å²) in [5.74, 6) is -0.804. The second-order valence-corrected chi connectivity index (χ2v) is 6.65. The molecule has 0 bridgehead atoms. The van der Waals surface area contributed by atoms with Gasteiger partial charge in [-0.15, -0.1) is 0 Å². The van der Waals surface area contributed by atoms with Crippen LogP contribution in [0.3, 0.4) is 0 Å². The maximum atomic E-state index is 12.4. The first-order valence-corrected chi connectivity index (χ1v) is 9.01. The van der Waals surface area contributed by atoms with E-state index in [-0.39, 0.29) is 5.91 Å². The number of rotatable bonds is 5. The molecule has 0 aliphatic carbocycles. The number of hydrogen-bond donors (Lipinski definition) is 3. The molecule has 27 heavy (non-hydrogen) atoms. The molecule has 0 radical (unpaired) electrons. The summed E-state index contributed by atoms with van der Waals surface area (Å²) in [5, 5.41) is 2.84. The summed E-state index contributed by atoms with van der Waals surface area (Å²) in [4.78, 5) is 27.2. The van der Waals surface area contributed by atoms with E-state index >= 15 is 0 Å². The molecule has 0 unspecified atom stereocenters. The molecule has 4 rings (SSSR count). The van der Waals surface area contributed by atoms with Crippen LogP contribution in [0.4, 0.5) is 11.4 Å². The molecule has 3 N–H and O–H groups in total. The van der Waals surface area contributed by atoms with Crippen molar-refractivity contribution in [2.24, 2.45) is 0 Å². The van der Waals surface area contributed by atoms with Gasteiger partial charge in [0, 0.05) is 21.8 Å². The Morgan fingerprint density at radius 1 is 0.926 bits per heavy atom. The minimum atomic E-state index is -0.542. The van der Waals surface area contributed by atoms with Gasteiger partial charge in [-0.2, -0.15) is 0 Å². The first-order valence-electron chi connectivity index (χ1n) is 8.19. The normalized spacial score (nSPS) is 10.7. The van der Waals surface area contributed by atoms with Gasteiger partial charge < -0.3 is 14.5 Å². The summed E-state index contributed by atoms with van der Waals surface area (Å²) in [6.07, 6.45) is 0. The fourth-order valence-electron chi connectivity index (χ4n) is 2.53. The van der Waals surface area contributed by atoms with Gasteiger partial charge in [-0.3, -0.25) is 9.78 Å². The highest BCUT2D eigenvalue weighted by Gasteiger charge is 2.09. The maximum Gasteiger partial charge on any atom is 0.417 e. The molecule has 0 aliphatic rings. The Bertz CT molecular complexity index is 1130. The predicted molar refractivity (Wildman–Crippen MR) is 107 cm³/mol. The van der Waals surface area contributed by atoms with Crippen LogP contribution in [0.1, 0.15) is 10.4 Å². The van der Waals surface area contributed by atoms with E-state index in [0.717, 1.165) is 10.6 Å². The number of carbonyl (C=O) groups excluding carboxylic acids is 1. The van der Waals surface area contributed by atoms with Crippen molar-refractivity contribution in [3.05, 3.63) is 88.9 Å². The lowest BCUT2D eigenvalue weighted by molar-refractivity contribution is 0.102. The Kier molecular flexibility index (Phi) is 4.67. The van der Waals surface area contributed by atoms with Gasteiger partial charge in [0.1, 0.15) is 0 Å². The first kappa shape index (κ1) is 17.0. The summed E-state index contributed by atoms with van der Waals surface area (Å²) in [5.41, 5.74) is 3.05. The lowest BCUT2D eigenvalue weighted by atomic mass is 10.2. The van der Waals surface area contributed by atoms with E-state index in [1.807, 2.05) is 54.6 Å². The summed E-state index contributed by atoms with van der Waals surface area (Å²) in [6, 6.07) is 22.2. The Morgan fingerprint density at radius 3 is 2.48 bits per heavy atom. The van der Waals surface area contributed by atoms with Crippen molar-refractivity contribution in [1.82, 2.24) is 4.98 Å². The van der Waals surface area contributed by atoms with Crippen molar-refractivity contribution >= 4 is 40.3 Å². The average Bonchev–Trinajstić information content (AvgIpc) is 3.07. The highest BCUT2D eigenvalue weighted by Crippen LogP contribution is 2.23. The number of fused-ring (bicyclic) bond motifs is 1. The topological polar surface area (TPSA) is 87.1 Å². The van der Waals surface area contributed by atoms with Gasteiger partial charge in [0.05, 0.1) is 5.52 Å². The average molecular weight is 377 g/mol. The van der Waals surface area contributed by atoms with Crippen molar-refractivity contribution in [2.75, 3.05) is 10.0 Å². The second-order valence-electron chi connectivity index (χ2n) is 5.77. The van der Waals surface area contributed by atoms with Gasteiger partial charge in [-0.05, 0) is 66.5 Å². The molecule has 134 valence electrons. The number of hydrogen-bond acceptors (Lipinski definition) is 5. The summed E-state index contributed by atoms with van der Waals surface area (Å²) >= 11 is 1.49. The zero-order valence-corrected chi connectivity index (χ0v) is 14.9. The number of aromatic nitrogens is 1. The molecule has 0 atom stereocenters. The molecule has 1 amide bonds.